The van der Waals surface area contributed by atoms with E-state index in [0.29, 0.717) is 0 Å². The number of hydrogen-bond acceptors (Lipinski definition) is 0. The molecular formula is C16H36P+. The highest BCUT2D eigenvalue weighted by Gasteiger charge is 1.96. The molecule has 0 fully saturated rings. The van der Waals surface area contributed by atoms with Crippen molar-refractivity contribution < 1.29 is 0 Å². The van der Waals surface area contributed by atoms with Crippen LogP contribution in [0.4, 0.5) is 0 Å². The van der Waals surface area contributed by atoms with E-state index in [2.05, 4.69) is 13.8 Å². The zero-order chi connectivity index (χ0) is 12.6. The van der Waals surface area contributed by atoms with Gasteiger partial charge in [-0.05, 0) is 27.8 Å². The minimum absolute atomic E-state index is 0.799. The Kier molecular flexibility index (Phi) is 16.8. The maximum Gasteiger partial charge on any atom is 0.0549 e. The minimum atomic E-state index is 0.799. The molecular weight excluding hydrogens is 223 g/mol. The summed E-state index contributed by atoms with van der Waals surface area (Å²) in [6, 6.07) is 0. The van der Waals surface area contributed by atoms with Gasteiger partial charge in [0, 0.05) is 0 Å². The Morgan fingerprint density at radius 2 is 0.882 bits per heavy atom. The third-order valence-corrected chi connectivity index (χ3v) is 5.16. The lowest BCUT2D eigenvalue weighted by Gasteiger charge is -2.01. The third kappa shape index (κ3) is 16.4. The van der Waals surface area contributed by atoms with E-state index in [1.54, 1.807) is 12.3 Å². The van der Waals surface area contributed by atoms with Gasteiger partial charge in [-0.1, -0.05) is 71.6 Å². The van der Waals surface area contributed by atoms with E-state index in [4.69, 9.17) is 0 Å². The molecule has 1 heteroatoms. The highest BCUT2D eigenvalue weighted by molar-refractivity contribution is 7.37. The van der Waals surface area contributed by atoms with Crippen molar-refractivity contribution in [2.24, 2.45) is 0 Å². The average Bonchev–Trinajstić information content (AvgIpc) is 2.35. The molecule has 1 unspecified atom stereocenters. The normalized spacial score (nSPS) is 11.6. The Morgan fingerprint density at radius 3 is 1.41 bits per heavy atom. The molecule has 0 aromatic heterocycles. The third-order valence-electron chi connectivity index (χ3n) is 3.52. The van der Waals surface area contributed by atoms with Gasteiger partial charge in [0.05, 0.1) is 12.3 Å². The van der Waals surface area contributed by atoms with Gasteiger partial charge < -0.3 is 0 Å². The first-order valence-electron chi connectivity index (χ1n) is 8.23. The topological polar surface area (TPSA) is 0 Å². The fourth-order valence-electron chi connectivity index (χ4n) is 2.27. The molecule has 1 atom stereocenters. The van der Waals surface area contributed by atoms with Crippen LogP contribution < -0.4 is 0 Å². The molecule has 0 heterocycles. The Balaban J connectivity index is 2.85. The quantitative estimate of drug-likeness (QED) is 0.260. The summed E-state index contributed by atoms with van der Waals surface area (Å²) in [6.07, 6.45) is 20.8. The van der Waals surface area contributed by atoms with E-state index in [1.165, 1.54) is 77.0 Å². The monoisotopic (exact) mass is 259 g/mol. The van der Waals surface area contributed by atoms with Crippen molar-refractivity contribution >= 4 is 8.58 Å². The van der Waals surface area contributed by atoms with E-state index in [0.717, 1.165) is 8.58 Å². The lowest BCUT2D eigenvalue weighted by atomic mass is 10.1. The van der Waals surface area contributed by atoms with Crippen LogP contribution in [0.3, 0.4) is 0 Å². The summed E-state index contributed by atoms with van der Waals surface area (Å²) >= 11 is 0. The average molecular weight is 259 g/mol. The highest BCUT2D eigenvalue weighted by atomic mass is 31.1. The summed E-state index contributed by atoms with van der Waals surface area (Å²) < 4.78 is 0. The molecule has 0 N–H and O–H groups in total. The second kappa shape index (κ2) is 16.4. The fourth-order valence-corrected chi connectivity index (χ4v) is 3.83. The van der Waals surface area contributed by atoms with Gasteiger partial charge in [-0.2, -0.15) is 0 Å². The first-order chi connectivity index (χ1) is 8.41. The van der Waals surface area contributed by atoms with Gasteiger partial charge in [0.1, 0.15) is 0 Å². The van der Waals surface area contributed by atoms with E-state index in [9.17, 15) is 0 Å². The predicted molar refractivity (Wildman–Crippen MR) is 86.2 cm³/mol. The molecule has 0 aliphatic carbocycles. The Labute approximate surface area is 112 Å². The van der Waals surface area contributed by atoms with Gasteiger partial charge in [-0.25, -0.2) is 0 Å². The lowest BCUT2D eigenvalue weighted by Crippen LogP contribution is -1.84. The van der Waals surface area contributed by atoms with Crippen LogP contribution in [0.5, 0.6) is 0 Å². The van der Waals surface area contributed by atoms with Crippen molar-refractivity contribution in [1.29, 1.82) is 0 Å². The van der Waals surface area contributed by atoms with Crippen LogP contribution in [0.1, 0.15) is 90.9 Å². The van der Waals surface area contributed by atoms with Crippen LogP contribution >= 0.6 is 8.58 Å². The summed E-state index contributed by atoms with van der Waals surface area (Å²) in [5.41, 5.74) is 0. The van der Waals surface area contributed by atoms with Gasteiger partial charge in [-0.3, -0.25) is 0 Å². The SMILES string of the molecule is CCCCCCCCCCCC[PH2+]CCCC. The highest BCUT2D eigenvalue weighted by Crippen LogP contribution is 2.17. The largest absolute Gasteiger partial charge is 0.0654 e. The van der Waals surface area contributed by atoms with Crippen LogP contribution in [0.2, 0.25) is 0 Å². The molecule has 0 saturated carbocycles. The molecule has 0 aliphatic rings. The molecule has 0 radical (unpaired) electrons. The van der Waals surface area contributed by atoms with Crippen LogP contribution in [-0.2, 0) is 0 Å². The maximum atomic E-state index is 2.31. The summed E-state index contributed by atoms with van der Waals surface area (Å²) in [4.78, 5) is 0. The number of unbranched alkanes of at least 4 members (excludes halogenated alkanes) is 10. The van der Waals surface area contributed by atoms with Crippen molar-refractivity contribution in [3.63, 3.8) is 0 Å². The Morgan fingerprint density at radius 1 is 0.471 bits per heavy atom. The number of rotatable bonds is 14. The van der Waals surface area contributed by atoms with E-state index in [1.807, 2.05) is 0 Å². The molecule has 104 valence electrons. The van der Waals surface area contributed by atoms with Crippen molar-refractivity contribution in [2.45, 2.75) is 90.9 Å². The minimum Gasteiger partial charge on any atom is -0.0654 e. The van der Waals surface area contributed by atoms with Gasteiger partial charge in [0.15, 0.2) is 0 Å². The molecule has 0 aromatic rings. The molecule has 0 saturated heterocycles. The number of hydrogen-bond donors (Lipinski definition) is 0. The molecule has 0 aromatic carbocycles. The standard InChI is InChI=1S/C16H35P/c1-3-5-7-8-9-10-11-12-13-14-16-17-15-6-4-2/h17H,3-16H2,1-2H3/p+1. The summed E-state index contributed by atoms with van der Waals surface area (Å²) in [5, 5.41) is 0. The molecule has 0 bridgehead atoms. The van der Waals surface area contributed by atoms with Crippen molar-refractivity contribution in [3.8, 4) is 0 Å². The van der Waals surface area contributed by atoms with Crippen LogP contribution in [0, 0.1) is 0 Å². The van der Waals surface area contributed by atoms with Gasteiger partial charge >= 0.3 is 0 Å². The van der Waals surface area contributed by atoms with Crippen LogP contribution in [-0.4, -0.2) is 12.3 Å². The molecule has 0 aliphatic heterocycles. The first-order valence-corrected chi connectivity index (χ1v) is 9.86. The van der Waals surface area contributed by atoms with Gasteiger partial charge in [0.2, 0.25) is 0 Å². The van der Waals surface area contributed by atoms with Crippen molar-refractivity contribution in [3.05, 3.63) is 0 Å². The van der Waals surface area contributed by atoms with Crippen molar-refractivity contribution in [2.75, 3.05) is 12.3 Å². The lowest BCUT2D eigenvalue weighted by molar-refractivity contribution is 0.563. The van der Waals surface area contributed by atoms with Gasteiger partial charge in [-0.15, -0.1) is 0 Å². The molecule has 0 rings (SSSR count). The fraction of sp³-hybridized carbons (Fsp3) is 1.00. The Hall–Kier alpha value is 0.430. The molecule has 0 nitrogen and oxygen atoms in total. The van der Waals surface area contributed by atoms with Crippen molar-refractivity contribution in [1.82, 2.24) is 0 Å². The smallest absolute Gasteiger partial charge is 0.0549 e. The second-order valence-corrected chi connectivity index (χ2v) is 7.13. The summed E-state index contributed by atoms with van der Waals surface area (Å²) in [6.45, 7) is 4.60. The maximum absolute atomic E-state index is 2.31. The predicted octanol–water partition coefficient (Wildman–Crippen LogP) is 6.12. The molecule has 0 spiro atoms. The molecule has 17 heavy (non-hydrogen) atoms. The zero-order valence-electron chi connectivity index (χ0n) is 12.5. The van der Waals surface area contributed by atoms with E-state index in [-0.39, 0.29) is 0 Å². The van der Waals surface area contributed by atoms with Gasteiger partial charge in [0.25, 0.3) is 0 Å². The summed E-state index contributed by atoms with van der Waals surface area (Å²) in [5.74, 6) is 0. The molecule has 0 amide bonds. The Bertz CT molecular complexity index is 109. The van der Waals surface area contributed by atoms with Crippen LogP contribution in [0.15, 0.2) is 0 Å². The second-order valence-electron chi connectivity index (χ2n) is 5.40. The summed E-state index contributed by atoms with van der Waals surface area (Å²) in [7, 11) is 0.799. The zero-order valence-corrected chi connectivity index (χ0v) is 13.6. The van der Waals surface area contributed by atoms with E-state index < -0.39 is 0 Å². The first kappa shape index (κ1) is 17.4. The van der Waals surface area contributed by atoms with E-state index >= 15 is 0 Å². The van der Waals surface area contributed by atoms with Crippen LogP contribution in [0.25, 0.3) is 0 Å².